The number of hydrogen-bond acceptors (Lipinski definition) is 6. The van der Waals surface area contributed by atoms with Crippen LogP contribution in [0.1, 0.15) is 56.8 Å². The van der Waals surface area contributed by atoms with Crippen molar-refractivity contribution in [1.82, 2.24) is 14.5 Å². The molecule has 172 valence electrons. The van der Waals surface area contributed by atoms with Gasteiger partial charge in [0.1, 0.15) is 0 Å². The van der Waals surface area contributed by atoms with Crippen LogP contribution in [0.3, 0.4) is 0 Å². The van der Waals surface area contributed by atoms with E-state index in [9.17, 15) is 14.4 Å². The molecule has 0 bridgehead atoms. The summed E-state index contributed by atoms with van der Waals surface area (Å²) in [6.45, 7) is 7.17. The van der Waals surface area contributed by atoms with E-state index in [-0.39, 0.29) is 23.1 Å². The Morgan fingerprint density at radius 3 is 2.69 bits per heavy atom. The zero-order chi connectivity index (χ0) is 23.3. The van der Waals surface area contributed by atoms with Gasteiger partial charge in [-0.1, -0.05) is 31.7 Å². The van der Waals surface area contributed by atoms with Crippen molar-refractivity contribution in [2.45, 2.75) is 58.2 Å². The van der Waals surface area contributed by atoms with Crippen LogP contribution >= 0.6 is 11.8 Å². The van der Waals surface area contributed by atoms with Crippen LogP contribution in [-0.2, 0) is 16.1 Å². The van der Waals surface area contributed by atoms with E-state index < -0.39 is 5.97 Å². The minimum Gasteiger partial charge on any atom is -0.465 e. The van der Waals surface area contributed by atoms with Crippen LogP contribution in [0.2, 0.25) is 0 Å². The molecule has 0 spiro atoms. The first-order chi connectivity index (χ1) is 15.3. The molecule has 1 amide bonds. The summed E-state index contributed by atoms with van der Waals surface area (Å²) in [5.74, 6) is -0.0446. The number of methoxy groups -OCH3 is 1. The van der Waals surface area contributed by atoms with Gasteiger partial charge in [0.15, 0.2) is 5.16 Å². The molecule has 1 aromatic carbocycles. The van der Waals surface area contributed by atoms with Crippen molar-refractivity contribution in [3.8, 4) is 0 Å². The van der Waals surface area contributed by atoms with E-state index in [1.807, 2.05) is 25.7 Å². The Bertz CT molecular complexity index is 1090. The zero-order valence-electron chi connectivity index (χ0n) is 19.2. The first kappa shape index (κ1) is 24.0. The first-order valence-electron chi connectivity index (χ1n) is 11.1. The molecule has 0 saturated heterocycles. The van der Waals surface area contributed by atoms with Gasteiger partial charge >= 0.3 is 5.97 Å². The molecule has 7 nitrogen and oxygen atoms in total. The molecular weight excluding hydrogens is 426 g/mol. The molecule has 8 heteroatoms. The smallest absolute Gasteiger partial charge is 0.337 e. The summed E-state index contributed by atoms with van der Waals surface area (Å²) in [5, 5.41) is 0.928. The SMILES string of the molecule is CCN(C(=O)CSc1nc2cc(C(=O)OC)ccc2c(=O)n1CC(C)C)C1=CCCCC1. The second kappa shape index (κ2) is 10.8. The van der Waals surface area contributed by atoms with Gasteiger partial charge in [0.05, 0.1) is 29.3 Å². The lowest BCUT2D eigenvalue weighted by molar-refractivity contribution is -0.126. The normalized spacial score (nSPS) is 13.8. The number of benzene rings is 1. The molecule has 1 aromatic heterocycles. The van der Waals surface area contributed by atoms with Gasteiger partial charge in [-0.05, 0) is 56.7 Å². The number of carbonyl (C=O) groups is 2. The van der Waals surface area contributed by atoms with Gasteiger partial charge in [0, 0.05) is 18.8 Å². The average molecular weight is 458 g/mol. The fourth-order valence-electron chi connectivity index (χ4n) is 3.89. The molecule has 3 rings (SSSR count). The van der Waals surface area contributed by atoms with Crippen LogP contribution in [-0.4, -0.2) is 45.7 Å². The van der Waals surface area contributed by atoms with Crippen LogP contribution < -0.4 is 5.56 Å². The second-order valence-electron chi connectivity index (χ2n) is 8.30. The van der Waals surface area contributed by atoms with Crippen molar-refractivity contribution < 1.29 is 14.3 Å². The average Bonchev–Trinajstić information content (AvgIpc) is 2.79. The van der Waals surface area contributed by atoms with Gasteiger partial charge in [0.2, 0.25) is 5.91 Å². The summed E-state index contributed by atoms with van der Waals surface area (Å²) in [5.41, 5.74) is 1.69. The number of nitrogens with zero attached hydrogens (tertiary/aromatic N) is 3. The number of fused-ring (bicyclic) bond motifs is 1. The molecule has 0 aliphatic heterocycles. The number of rotatable bonds is 8. The van der Waals surface area contributed by atoms with Crippen molar-refractivity contribution in [2.75, 3.05) is 19.4 Å². The Kier molecular flexibility index (Phi) is 8.12. The molecule has 0 fully saturated rings. The third-order valence-electron chi connectivity index (χ3n) is 5.44. The molecular formula is C24H31N3O4S. The highest BCUT2D eigenvalue weighted by Crippen LogP contribution is 2.24. The van der Waals surface area contributed by atoms with E-state index in [0.717, 1.165) is 25.0 Å². The Hall–Kier alpha value is -2.61. The van der Waals surface area contributed by atoms with Crippen LogP contribution in [0, 0.1) is 5.92 Å². The van der Waals surface area contributed by atoms with Gasteiger partial charge in [-0.2, -0.15) is 0 Å². The number of amides is 1. The molecule has 0 atom stereocenters. The molecule has 1 aliphatic carbocycles. The van der Waals surface area contributed by atoms with Gasteiger partial charge in [-0.3, -0.25) is 14.2 Å². The summed E-state index contributed by atoms with van der Waals surface area (Å²) in [4.78, 5) is 44.6. The van der Waals surface area contributed by atoms with Crippen LogP contribution in [0.25, 0.3) is 10.9 Å². The predicted molar refractivity (Wildman–Crippen MR) is 127 cm³/mol. The number of carbonyl (C=O) groups excluding carboxylic acids is 2. The monoisotopic (exact) mass is 457 g/mol. The molecule has 0 radical (unpaired) electrons. The number of ether oxygens (including phenoxy) is 1. The van der Waals surface area contributed by atoms with E-state index in [1.54, 1.807) is 22.8 Å². The number of aromatic nitrogens is 2. The molecule has 1 heterocycles. The first-order valence-corrected chi connectivity index (χ1v) is 12.1. The lowest BCUT2D eigenvalue weighted by Crippen LogP contribution is -2.33. The predicted octanol–water partition coefficient (Wildman–Crippen LogP) is 4.24. The van der Waals surface area contributed by atoms with Crippen molar-refractivity contribution in [2.24, 2.45) is 5.92 Å². The highest BCUT2D eigenvalue weighted by Gasteiger charge is 2.20. The third-order valence-corrected chi connectivity index (χ3v) is 6.41. The largest absolute Gasteiger partial charge is 0.465 e. The number of thioether (sulfide) groups is 1. The van der Waals surface area contributed by atoms with E-state index >= 15 is 0 Å². The lowest BCUT2D eigenvalue weighted by Gasteiger charge is -2.26. The van der Waals surface area contributed by atoms with Gasteiger partial charge in [-0.15, -0.1) is 0 Å². The van der Waals surface area contributed by atoms with Gasteiger partial charge < -0.3 is 9.64 Å². The van der Waals surface area contributed by atoms with E-state index in [2.05, 4.69) is 11.1 Å². The third kappa shape index (κ3) is 5.41. The summed E-state index contributed by atoms with van der Waals surface area (Å²) >= 11 is 1.27. The second-order valence-corrected chi connectivity index (χ2v) is 9.24. The van der Waals surface area contributed by atoms with Crippen LogP contribution in [0.4, 0.5) is 0 Å². The maximum Gasteiger partial charge on any atom is 0.337 e. The topological polar surface area (TPSA) is 81.5 Å². The summed E-state index contributed by atoms with van der Waals surface area (Å²) in [7, 11) is 1.31. The Balaban J connectivity index is 1.93. The van der Waals surface area contributed by atoms with Crippen molar-refractivity contribution in [3.05, 3.63) is 45.9 Å². The van der Waals surface area contributed by atoms with Gasteiger partial charge in [-0.25, -0.2) is 9.78 Å². The van der Waals surface area contributed by atoms with Gasteiger partial charge in [0.25, 0.3) is 5.56 Å². The molecule has 1 aliphatic rings. The molecule has 0 saturated carbocycles. The van der Waals surface area contributed by atoms with Crippen molar-refractivity contribution in [1.29, 1.82) is 0 Å². The fraction of sp³-hybridized carbons (Fsp3) is 0.500. The molecule has 32 heavy (non-hydrogen) atoms. The minimum absolute atomic E-state index is 0.0133. The summed E-state index contributed by atoms with van der Waals surface area (Å²) < 4.78 is 6.42. The number of hydrogen-bond donors (Lipinski definition) is 0. The summed E-state index contributed by atoms with van der Waals surface area (Å²) in [6.07, 6.45) is 6.36. The maximum absolute atomic E-state index is 13.2. The van der Waals surface area contributed by atoms with Crippen molar-refractivity contribution >= 4 is 34.5 Å². The Labute approximate surface area is 192 Å². The Morgan fingerprint density at radius 2 is 2.06 bits per heavy atom. The lowest BCUT2D eigenvalue weighted by atomic mass is 10.0. The van der Waals surface area contributed by atoms with E-state index in [0.29, 0.717) is 34.7 Å². The highest BCUT2D eigenvalue weighted by atomic mass is 32.2. The molecule has 2 aromatic rings. The van der Waals surface area contributed by atoms with E-state index in [4.69, 9.17) is 4.74 Å². The summed E-state index contributed by atoms with van der Waals surface area (Å²) in [6, 6.07) is 4.76. The van der Waals surface area contributed by atoms with Crippen molar-refractivity contribution in [3.63, 3.8) is 0 Å². The standard InChI is InChI=1S/C24H31N3O4S/c1-5-26(18-9-7-6-8-10-18)21(28)15-32-24-25-20-13-17(23(30)31-4)11-12-19(20)22(29)27(24)14-16(2)3/h9,11-13,16H,5-8,10,14-15H2,1-4H3. The van der Waals surface area contributed by atoms with E-state index in [1.165, 1.54) is 25.3 Å². The minimum atomic E-state index is -0.483. The highest BCUT2D eigenvalue weighted by molar-refractivity contribution is 7.99. The van der Waals surface area contributed by atoms with Crippen LogP contribution in [0.15, 0.2) is 39.9 Å². The molecule has 0 N–H and O–H groups in total. The number of esters is 1. The Morgan fingerprint density at radius 1 is 1.28 bits per heavy atom. The fourth-order valence-corrected chi connectivity index (χ4v) is 4.78. The quantitative estimate of drug-likeness (QED) is 0.335. The molecule has 0 unspecified atom stereocenters. The number of allylic oxidation sites excluding steroid dienone is 2. The maximum atomic E-state index is 13.2. The zero-order valence-corrected chi connectivity index (χ0v) is 20.0. The van der Waals surface area contributed by atoms with Crippen LogP contribution in [0.5, 0.6) is 0 Å².